The first-order chi connectivity index (χ1) is 6.86. The van der Waals surface area contributed by atoms with Gasteiger partial charge in [-0.25, -0.2) is 4.98 Å². The smallest absolute Gasteiger partial charge is 0.303 e. The molecular weight excluding hydrogens is 200 g/mol. The van der Waals surface area contributed by atoms with Crippen LogP contribution in [0.1, 0.15) is 10.5 Å². The van der Waals surface area contributed by atoms with E-state index >= 15 is 0 Å². The van der Waals surface area contributed by atoms with E-state index in [0.717, 1.165) is 0 Å². The summed E-state index contributed by atoms with van der Waals surface area (Å²) >= 11 is 0. The zero-order chi connectivity index (χ0) is 9.80. The Morgan fingerprint density at radius 1 is 1.57 bits per heavy atom. The fraction of sp³-hybridized carbons (Fsp3) is 0.125. The first kappa shape index (κ1) is 9.01. The lowest BCUT2D eigenvalue weighted by Crippen LogP contribution is -2.06. The normalized spacial score (nSPS) is 19.6. The minimum absolute atomic E-state index is 0.292. The number of nitrogens with zero attached hydrogens (tertiary/aromatic N) is 3. The minimum Gasteiger partial charge on any atom is -0.380 e. The van der Waals surface area contributed by atoms with Crippen molar-refractivity contribution in [3.63, 3.8) is 0 Å². The number of hydrogen-bond donors (Lipinski definition) is 1. The Labute approximate surface area is 83.4 Å². The van der Waals surface area contributed by atoms with E-state index in [1.54, 1.807) is 6.20 Å². The van der Waals surface area contributed by atoms with Crippen LogP contribution in [0.4, 0.5) is 0 Å². The summed E-state index contributed by atoms with van der Waals surface area (Å²) in [6.45, 7) is 0. The van der Waals surface area contributed by atoms with E-state index in [4.69, 9.17) is 0 Å². The molecule has 1 aliphatic rings. The van der Waals surface area contributed by atoms with Crippen molar-refractivity contribution in [3.05, 3.63) is 35.9 Å². The summed E-state index contributed by atoms with van der Waals surface area (Å²) in [5.41, 5.74) is 0.292. The summed E-state index contributed by atoms with van der Waals surface area (Å²) in [5.74, 6) is 0.390. The van der Waals surface area contributed by atoms with Crippen LogP contribution in [0.2, 0.25) is 0 Å². The lowest BCUT2D eigenvalue weighted by Gasteiger charge is -1.95. The van der Waals surface area contributed by atoms with Crippen molar-refractivity contribution in [1.29, 1.82) is 0 Å². The largest absolute Gasteiger partial charge is 0.380 e. The van der Waals surface area contributed by atoms with Crippen molar-refractivity contribution in [2.75, 3.05) is 5.88 Å². The van der Waals surface area contributed by atoms with E-state index in [9.17, 15) is 4.79 Å². The van der Waals surface area contributed by atoms with Crippen molar-refractivity contribution in [2.24, 2.45) is 4.36 Å². The summed E-state index contributed by atoms with van der Waals surface area (Å²) in [4.78, 5) is 19.2. The average molecular weight is 208 g/mol. The number of rotatable bonds is 1. The Morgan fingerprint density at radius 2 is 2.50 bits per heavy atom. The van der Waals surface area contributed by atoms with Gasteiger partial charge in [0.25, 0.3) is 0 Å². The van der Waals surface area contributed by atoms with E-state index < -0.39 is 0 Å². The number of aromatic nitrogens is 2. The molecule has 1 amide bonds. The first-order valence-electron chi connectivity index (χ1n) is 3.98. The standard InChI is InChI=1S/C8H8N4OS/c13-8(7-5-9-1-2-11-7)12-14-4-3-10-6-14/h1-5,10H,6H2. The maximum absolute atomic E-state index is 11.5. The summed E-state index contributed by atoms with van der Waals surface area (Å²) in [6, 6.07) is 0. The third-order valence-electron chi connectivity index (χ3n) is 1.56. The van der Waals surface area contributed by atoms with Crippen LogP contribution in [0, 0.1) is 0 Å². The summed E-state index contributed by atoms with van der Waals surface area (Å²) < 4.78 is 3.98. The van der Waals surface area contributed by atoms with Crippen molar-refractivity contribution in [3.8, 4) is 0 Å². The number of hydrogen-bond acceptors (Lipinski definition) is 4. The molecular formula is C8H8N4OS. The van der Waals surface area contributed by atoms with Gasteiger partial charge in [-0.05, 0) is 10.7 Å². The van der Waals surface area contributed by atoms with Crippen LogP contribution < -0.4 is 5.32 Å². The SMILES string of the molecule is O=C(N=S1C=CNC1)c1cnccn1. The molecule has 0 bridgehead atoms. The Kier molecular flexibility index (Phi) is 2.64. The molecule has 14 heavy (non-hydrogen) atoms. The molecule has 1 atom stereocenters. The fourth-order valence-electron chi connectivity index (χ4n) is 0.934. The molecule has 0 aliphatic carbocycles. The van der Waals surface area contributed by atoms with E-state index in [0.29, 0.717) is 11.6 Å². The van der Waals surface area contributed by atoms with Crippen LogP contribution in [-0.4, -0.2) is 21.8 Å². The molecule has 0 radical (unpaired) electrons. The second-order valence-electron chi connectivity index (χ2n) is 2.54. The molecule has 2 rings (SSSR count). The van der Waals surface area contributed by atoms with E-state index in [1.807, 2.05) is 5.41 Å². The molecule has 1 N–H and O–H groups in total. The van der Waals surface area contributed by atoms with Gasteiger partial charge < -0.3 is 5.32 Å². The van der Waals surface area contributed by atoms with Crippen LogP contribution in [-0.2, 0) is 10.7 Å². The Bertz CT molecular complexity index is 401. The molecule has 72 valence electrons. The first-order valence-corrected chi connectivity index (χ1v) is 5.39. The molecule has 6 heteroatoms. The molecule has 1 aromatic heterocycles. The molecule has 1 aromatic rings. The summed E-state index contributed by atoms with van der Waals surface area (Å²) in [7, 11) is -0.342. The third kappa shape index (κ3) is 2.02. The highest BCUT2D eigenvalue weighted by atomic mass is 32.2. The maximum Gasteiger partial charge on any atom is 0.303 e. The van der Waals surface area contributed by atoms with Gasteiger partial charge >= 0.3 is 5.91 Å². The molecule has 0 saturated heterocycles. The molecule has 2 heterocycles. The Hall–Kier alpha value is -1.56. The number of carbonyl (C=O) groups excluding carboxylic acids is 1. The third-order valence-corrected chi connectivity index (χ3v) is 2.87. The van der Waals surface area contributed by atoms with Gasteiger partial charge in [-0.3, -0.25) is 9.78 Å². The molecule has 0 saturated carbocycles. The fourth-order valence-corrected chi connectivity index (χ4v) is 1.98. The van der Waals surface area contributed by atoms with Gasteiger partial charge in [-0.15, -0.1) is 0 Å². The number of carbonyl (C=O) groups is 1. The lowest BCUT2D eigenvalue weighted by molar-refractivity contribution is 0.100. The number of nitrogens with one attached hydrogen (secondary N) is 1. The van der Waals surface area contributed by atoms with Crippen LogP contribution >= 0.6 is 0 Å². The molecule has 5 nitrogen and oxygen atoms in total. The monoisotopic (exact) mass is 208 g/mol. The minimum atomic E-state index is -0.342. The molecule has 0 spiro atoms. The van der Waals surface area contributed by atoms with Gasteiger partial charge in [0.2, 0.25) is 0 Å². The predicted molar refractivity (Wildman–Crippen MR) is 53.3 cm³/mol. The van der Waals surface area contributed by atoms with E-state index in [2.05, 4.69) is 19.6 Å². The molecule has 1 aliphatic heterocycles. The van der Waals surface area contributed by atoms with Crippen molar-refractivity contribution in [1.82, 2.24) is 15.3 Å². The lowest BCUT2D eigenvalue weighted by atomic mass is 10.4. The predicted octanol–water partition coefficient (Wildman–Crippen LogP) is 0.451. The maximum atomic E-state index is 11.5. The quantitative estimate of drug-likeness (QED) is 0.727. The number of amides is 1. The second-order valence-corrected chi connectivity index (χ2v) is 4.09. The van der Waals surface area contributed by atoms with Gasteiger partial charge in [0, 0.05) is 24.0 Å². The summed E-state index contributed by atoms with van der Waals surface area (Å²) in [5, 5.41) is 4.85. The van der Waals surface area contributed by atoms with Crippen LogP contribution in [0.3, 0.4) is 0 Å². The Morgan fingerprint density at radius 3 is 3.14 bits per heavy atom. The molecule has 0 aromatic carbocycles. The van der Waals surface area contributed by atoms with Crippen LogP contribution in [0.15, 0.2) is 34.6 Å². The topological polar surface area (TPSA) is 67.2 Å². The van der Waals surface area contributed by atoms with E-state index in [1.165, 1.54) is 18.6 Å². The van der Waals surface area contributed by atoms with Gasteiger partial charge in [0.1, 0.15) is 5.69 Å². The van der Waals surface area contributed by atoms with Gasteiger partial charge in [-0.1, -0.05) is 0 Å². The highest BCUT2D eigenvalue weighted by Gasteiger charge is 2.07. The van der Waals surface area contributed by atoms with Gasteiger partial charge in [0.15, 0.2) is 0 Å². The zero-order valence-corrected chi connectivity index (χ0v) is 8.07. The van der Waals surface area contributed by atoms with Gasteiger partial charge in [-0.2, -0.15) is 4.36 Å². The molecule has 0 fully saturated rings. The van der Waals surface area contributed by atoms with Crippen molar-refractivity contribution < 1.29 is 4.79 Å². The zero-order valence-electron chi connectivity index (χ0n) is 7.25. The van der Waals surface area contributed by atoms with Crippen molar-refractivity contribution in [2.45, 2.75) is 0 Å². The molecule has 1 unspecified atom stereocenters. The van der Waals surface area contributed by atoms with Crippen LogP contribution in [0.5, 0.6) is 0 Å². The van der Waals surface area contributed by atoms with Gasteiger partial charge in [0.05, 0.1) is 12.1 Å². The summed E-state index contributed by atoms with van der Waals surface area (Å²) in [6.07, 6.45) is 6.23. The average Bonchev–Trinajstić information content (AvgIpc) is 2.72. The highest BCUT2D eigenvalue weighted by Crippen LogP contribution is 2.01. The second kappa shape index (κ2) is 4.10. The van der Waals surface area contributed by atoms with Crippen LogP contribution in [0.25, 0.3) is 0 Å². The van der Waals surface area contributed by atoms with Crippen molar-refractivity contribution >= 4 is 16.6 Å². The van der Waals surface area contributed by atoms with E-state index in [-0.39, 0.29) is 16.6 Å². The highest BCUT2D eigenvalue weighted by molar-refractivity contribution is 7.90. The Balaban J connectivity index is 2.17.